The maximum Gasteiger partial charge on any atom is 0.146 e. The largest absolute Gasteiger partial charge is 0.304 e. The molecule has 5 heteroatoms. The first-order valence-electron chi connectivity index (χ1n) is 3.34. The quantitative estimate of drug-likeness (QED) is 0.336. The summed E-state index contributed by atoms with van der Waals surface area (Å²) in [7, 11) is 0. The van der Waals surface area contributed by atoms with Crippen LogP contribution in [0, 0.1) is 0 Å². The number of nitrogens with one attached hydrogen (secondary N) is 3. The lowest BCUT2D eigenvalue weighted by atomic mass is 10.3. The van der Waals surface area contributed by atoms with Crippen molar-refractivity contribution in [1.82, 2.24) is 11.0 Å². The van der Waals surface area contributed by atoms with E-state index in [1.54, 1.807) is 0 Å². The smallest absolute Gasteiger partial charge is 0.146 e. The number of benzene rings is 1. The second-order valence-corrected chi connectivity index (χ2v) is 3.20. The van der Waals surface area contributed by atoms with Crippen LogP contribution in [0.3, 0.4) is 0 Å². The second kappa shape index (κ2) is 4.97. The van der Waals surface area contributed by atoms with Crippen LogP contribution in [-0.2, 0) is 0 Å². The van der Waals surface area contributed by atoms with Crippen molar-refractivity contribution in [2.75, 3.05) is 5.43 Å². The molecule has 0 bridgehead atoms. The number of hydrazine groups is 2. The molecule has 0 radical (unpaired) electrons. The molecular weight excluding hydrogens is 190 g/mol. The molecule has 0 spiro atoms. The fourth-order valence-corrected chi connectivity index (χ4v) is 0.785. The van der Waals surface area contributed by atoms with Gasteiger partial charge in [0.15, 0.2) is 0 Å². The second-order valence-electron chi connectivity index (χ2n) is 2.05. The van der Waals surface area contributed by atoms with Crippen molar-refractivity contribution in [2.45, 2.75) is 0 Å². The normalized spacial score (nSPS) is 9.08. The molecule has 0 atom stereocenters. The molecule has 0 aromatic heterocycles. The third-order valence-electron chi connectivity index (χ3n) is 1.15. The van der Waals surface area contributed by atoms with Crippen molar-refractivity contribution in [2.24, 2.45) is 0 Å². The average Bonchev–Trinajstić information content (AvgIpc) is 2.05. The lowest BCUT2D eigenvalue weighted by molar-refractivity contribution is 0.770. The third kappa shape index (κ3) is 3.56. The Kier molecular flexibility index (Phi) is 3.86. The molecule has 0 unspecified atom stereocenters. The Labute approximate surface area is 81.9 Å². The lowest BCUT2D eigenvalue weighted by Gasteiger charge is -2.07. The number of anilines is 1. The Morgan fingerprint density at radius 3 is 2.50 bits per heavy atom. The summed E-state index contributed by atoms with van der Waals surface area (Å²) in [6.07, 6.45) is 0. The van der Waals surface area contributed by atoms with E-state index in [1.165, 1.54) is 0 Å². The highest BCUT2D eigenvalue weighted by atomic mass is 32.1. The topological polar surface area (TPSA) is 36.1 Å². The maximum absolute atomic E-state index is 4.66. The molecule has 0 aliphatic carbocycles. The first-order chi connectivity index (χ1) is 5.79. The minimum Gasteiger partial charge on any atom is -0.304 e. The van der Waals surface area contributed by atoms with Gasteiger partial charge >= 0.3 is 0 Å². The SMILES string of the molecule is S=C(S)NNNc1ccccc1. The van der Waals surface area contributed by atoms with Crippen molar-refractivity contribution < 1.29 is 0 Å². The van der Waals surface area contributed by atoms with Crippen LogP contribution in [0.1, 0.15) is 0 Å². The van der Waals surface area contributed by atoms with Crippen LogP contribution in [-0.4, -0.2) is 4.32 Å². The molecule has 0 amide bonds. The Morgan fingerprint density at radius 2 is 1.92 bits per heavy atom. The summed E-state index contributed by atoms with van der Waals surface area (Å²) in [5.41, 5.74) is 9.14. The number of hydrogen-bond acceptors (Lipinski definition) is 3. The molecule has 12 heavy (non-hydrogen) atoms. The zero-order valence-electron chi connectivity index (χ0n) is 6.24. The van der Waals surface area contributed by atoms with Gasteiger partial charge in [0.25, 0.3) is 0 Å². The van der Waals surface area contributed by atoms with Crippen LogP contribution in [0.15, 0.2) is 30.3 Å². The fourth-order valence-electron chi connectivity index (χ4n) is 0.678. The average molecular weight is 199 g/mol. The highest BCUT2D eigenvalue weighted by Crippen LogP contribution is 2.01. The number of para-hydroxylation sites is 1. The molecule has 0 saturated heterocycles. The van der Waals surface area contributed by atoms with Gasteiger partial charge in [0.1, 0.15) is 4.32 Å². The van der Waals surface area contributed by atoms with E-state index in [9.17, 15) is 0 Å². The first-order valence-corrected chi connectivity index (χ1v) is 4.19. The van der Waals surface area contributed by atoms with E-state index in [0.29, 0.717) is 4.32 Å². The fraction of sp³-hybridized carbons (Fsp3) is 0. The molecule has 64 valence electrons. The van der Waals surface area contributed by atoms with Crippen LogP contribution < -0.4 is 16.4 Å². The Hall–Kier alpha value is -0.780. The van der Waals surface area contributed by atoms with E-state index in [-0.39, 0.29) is 0 Å². The zero-order chi connectivity index (χ0) is 8.81. The van der Waals surface area contributed by atoms with E-state index in [2.05, 4.69) is 41.2 Å². The van der Waals surface area contributed by atoms with Crippen LogP contribution in [0.5, 0.6) is 0 Å². The monoisotopic (exact) mass is 199 g/mol. The first kappa shape index (κ1) is 9.31. The van der Waals surface area contributed by atoms with Gasteiger partial charge in [-0.05, 0) is 12.1 Å². The molecular formula is C7H9N3S2. The summed E-state index contributed by atoms with van der Waals surface area (Å²) in [4.78, 5) is 0. The van der Waals surface area contributed by atoms with Crippen molar-refractivity contribution in [3.63, 3.8) is 0 Å². The molecule has 0 aliphatic heterocycles. The highest BCUT2D eigenvalue weighted by Gasteiger charge is 1.86. The van der Waals surface area contributed by atoms with Gasteiger partial charge in [0.05, 0.1) is 5.69 Å². The van der Waals surface area contributed by atoms with Crippen molar-refractivity contribution in [3.8, 4) is 0 Å². The third-order valence-corrected chi connectivity index (χ3v) is 1.36. The summed E-state index contributed by atoms with van der Waals surface area (Å²) in [5.74, 6) is 0. The number of hydrogen-bond donors (Lipinski definition) is 4. The number of thiocarbonyl (C=S) groups is 1. The van der Waals surface area contributed by atoms with Gasteiger partial charge in [-0.15, -0.1) is 18.2 Å². The molecule has 0 aliphatic rings. The minimum absolute atomic E-state index is 0.387. The van der Waals surface area contributed by atoms with Gasteiger partial charge < -0.3 is 5.43 Å². The highest BCUT2D eigenvalue weighted by molar-refractivity contribution is 8.11. The molecule has 3 N–H and O–H groups in total. The van der Waals surface area contributed by atoms with E-state index >= 15 is 0 Å². The zero-order valence-corrected chi connectivity index (χ0v) is 7.95. The predicted octanol–water partition coefficient (Wildman–Crippen LogP) is 1.32. The molecule has 1 rings (SSSR count). The molecule has 3 nitrogen and oxygen atoms in total. The van der Waals surface area contributed by atoms with Gasteiger partial charge in [-0.2, -0.15) is 0 Å². The van der Waals surface area contributed by atoms with Crippen LogP contribution in [0.2, 0.25) is 0 Å². The van der Waals surface area contributed by atoms with E-state index < -0.39 is 0 Å². The predicted molar refractivity (Wildman–Crippen MR) is 57.9 cm³/mol. The van der Waals surface area contributed by atoms with Gasteiger partial charge in [-0.1, -0.05) is 30.4 Å². The molecule has 1 aromatic carbocycles. The van der Waals surface area contributed by atoms with E-state index in [1.807, 2.05) is 30.3 Å². The molecule has 0 saturated carbocycles. The van der Waals surface area contributed by atoms with Crippen LogP contribution >= 0.6 is 24.8 Å². The summed E-state index contributed by atoms with van der Waals surface area (Å²) in [6, 6.07) is 9.67. The van der Waals surface area contributed by atoms with Gasteiger partial charge in [-0.25, -0.2) is 0 Å². The number of thiol groups is 1. The van der Waals surface area contributed by atoms with Crippen LogP contribution in [0.25, 0.3) is 0 Å². The van der Waals surface area contributed by atoms with Gasteiger partial charge in [-0.3, -0.25) is 5.43 Å². The molecule has 0 fully saturated rings. The van der Waals surface area contributed by atoms with Crippen molar-refractivity contribution in [3.05, 3.63) is 30.3 Å². The molecule has 1 aromatic rings. The Morgan fingerprint density at radius 1 is 1.25 bits per heavy atom. The van der Waals surface area contributed by atoms with Gasteiger partial charge in [0.2, 0.25) is 0 Å². The van der Waals surface area contributed by atoms with Crippen molar-refractivity contribution in [1.29, 1.82) is 0 Å². The summed E-state index contributed by atoms with van der Waals surface area (Å²) in [6.45, 7) is 0. The van der Waals surface area contributed by atoms with Gasteiger partial charge in [0, 0.05) is 0 Å². The summed E-state index contributed by atoms with van der Waals surface area (Å²) < 4.78 is 0.387. The summed E-state index contributed by atoms with van der Waals surface area (Å²) in [5, 5.41) is 0. The molecule has 0 heterocycles. The summed E-state index contributed by atoms with van der Waals surface area (Å²) >= 11 is 8.52. The Balaban J connectivity index is 2.29. The Bertz CT molecular complexity index is 250. The number of rotatable bonds is 3. The van der Waals surface area contributed by atoms with Crippen LogP contribution in [0.4, 0.5) is 5.69 Å². The van der Waals surface area contributed by atoms with E-state index in [0.717, 1.165) is 5.69 Å². The van der Waals surface area contributed by atoms with Crippen molar-refractivity contribution >= 4 is 34.9 Å². The lowest BCUT2D eigenvalue weighted by Crippen LogP contribution is -2.38. The maximum atomic E-state index is 4.66. The standard InChI is InChI=1S/C7H9N3S2/c11-7(12)9-10-8-6-4-2-1-3-5-6/h1-5,8,10H,(H2,9,11,12). The van der Waals surface area contributed by atoms with E-state index in [4.69, 9.17) is 0 Å². The minimum atomic E-state index is 0.387.